The van der Waals surface area contributed by atoms with Crippen molar-refractivity contribution in [2.24, 2.45) is 5.92 Å². The normalized spacial score (nSPS) is 22.4. The molecule has 168 valence electrons. The molecule has 6 nitrogen and oxygen atoms in total. The number of para-hydroxylation sites is 1. The van der Waals surface area contributed by atoms with Crippen molar-refractivity contribution in [3.8, 4) is 5.75 Å². The number of hydrogen-bond donors (Lipinski definition) is 0. The van der Waals surface area contributed by atoms with E-state index < -0.39 is 0 Å². The summed E-state index contributed by atoms with van der Waals surface area (Å²) in [5.41, 5.74) is 1.18. The first-order valence-corrected chi connectivity index (χ1v) is 11.5. The van der Waals surface area contributed by atoms with E-state index in [1.54, 1.807) is 7.11 Å². The third-order valence-corrected chi connectivity index (χ3v) is 6.30. The van der Waals surface area contributed by atoms with Gasteiger partial charge in [0.15, 0.2) is 0 Å². The SMILES string of the molecule is CCCCC1CN(CC(=O)N(C)CC2CCN(CCOC)C2)Cc2ccccc2O1. The minimum absolute atomic E-state index is 0.149. The molecule has 1 aromatic rings. The Morgan fingerprint density at radius 3 is 2.90 bits per heavy atom. The second kappa shape index (κ2) is 11.7. The van der Waals surface area contributed by atoms with Crippen molar-refractivity contribution < 1.29 is 14.3 Å². The van der Waals surface area contributed by atoms with Crippen molar-refractivity contribution in [3.63, 3.8) is 0 Å². The number of benzene rings is 1. The highest BCUT2D eigenvalue weighted by Crippen LogP contribution is 2.26. The van der Waals surface area contributed by atoms with Crippen LogP contribution < -0.4 is 4.74 Å². The average Bonchev–Trinajstić information content (AvgIpc) is 3.10. The van der Waals surface area contributed by atoms with E-state index in [1.807, 2.05) is 18.0 Å². The average molecular weight is 418 g/mol. The van der Waals surface area contributed by atoms with Crippen LogP contribution in [0.5, 0.6) is 5.75 Å². The standard InChI is InChI=1S/C24H39N3O3/c1-4-5-9-22-18-27(17-21-8-6-7-10-23(21)30-22)19-24(28)25(2)15-20-11-12-26(16-20)13-14-29-3/h6-8,10,20,22H,4-5,9,11-19H2,1-3H3. The van der Waals surface area contributed by atoms with Crippen LogP contribution in [0.1, 0.15) is 38.2 Å². The summed E-state index contributed by atoms with van der Waals surface area (Å²) in [6, 6.07) is 8.25. The number of hydrogen-bond acceptors (Lipinski definition) is 5. The summed E-state index contributed by atoms with van der Waals surface area (Å²) in [6.07, 6.45) is 4.65. The number of methoxy groups -OCH3 is 1. The smallest absolute Gasteiger partial charge is 0.236 e. The van der Waals surface area contributed by atoms with E-state index in [1.165, 1.54) is 5.56 Å². The third kappa shape index (κ3) is 6.69. The maximum Gasteiger partial charge on any atom is 0.236 e. The van der Waals surface area contributed by atoms with E-state index in [9.17, 15) is 4.79 Å². The molecular formula is C24H39N3O3. The number of likely N-dealkylation sites (tertiary alicyclic amines) is 1. The van der Waals surface area contributed by atoms with Crippen LogP contribution in [0.25, 0.3) is 0 Å². The van der Waals surface area contributed by atoms with Crippen LogP contribution in [0.3, 0.4) is 0 Å². The minimum atomic E-state index is 0.149. The topological polar surface area (TPSA) is 45.3 Å². The molecular weight excluding hydrogens is 378 g/mol. The number of nitrogens with zero attached hydrogens (tertiary/aromatic N) is 3. The van der Waals surface area contributed by atoms with Crippen molar-refractivity contribution >= 4 is 5.91 Å². The minimum Gasteiger partial charge on any atom is -0.489 e. The van der Waals surface area contributed by atoms with E-state index in [0.717, 1.165) is 77.3 Å². The summed E-state index contributed by atoms with van der Waals surface area (Å²) in [5, 5.41) is 0. The molecule has 30 heavy (non-hydrogen) atoms. The highest BCUT2D eigenvalue weighted by molar-refractivity contribution is 5.78. The molecule has 1 amide bonds. The lowest BCUT2D eigenvalue weighted by Gasteiger charge is -2.27. The predicted octanol–water partition coefficient (Wildman–Crippen LogP) is 2.87. The van der Waals surface area contributed by atoms with Gasteiger partial charge in [0.05, 0.1) is 13.2 Å². The quantitative estimate of drug-likeness (QED) is 0.586. The Balaban J connectivity index is 1.54. The molecule has 2 aliphatic rings. The number of amides is 1. The second-order valence-electron chi connectivity index (χ2n) is 8.88. The van der Waals surface area contributed by atoms with Crippen LogP contribution in [-0.2, 0) is 16.1 Å². The Morgan fingerprint density at radius 1 is 1.27 bits per heavy atom. The Morgan fingerprint density at radius 2 is 2.10 bits per heavy atom. The maximum atomic E-state index is 13.0. The van der Waals surface area contributed by atoms with Gasteiger partial charge in [-0.25, -0.2) is 0 Å². The molecule has 1 aromatic carbocycles. The summed E-state index contributed by atoms with van der Waals surface area (Å²) < 4.78 is 11.5. The van der Waals surface area contributed by atoms with Crippen LogP contribution in [0.2, 0.25) is 0 Å². The van der Waals surface area contributed by atoms with Crippen LogP contribution in [0, 0.1) is 5.92 Å². The third-order valence-electron chi connectivity index (χ3n) is 6.30. The number of carbonyl (C=O) groups is 1. The molecule has 1 saturated heterocycles. The lowest BCUT2D eigenvalue weighted by atomic mass is 10.1. The van der Waals surface area contributed by atoms with Gasteiger partial charge >= 0.3 is 0 Å². The fourth-order valence-corrected chi connectivity index (χ4v) is 4.55. The van der Waals surface area contributed by atoms with Gasteiger partial charge in [0.25, 0.3) is 0 Å². The summed E-state index contributed by atoms with van der Waals surface area (Å²) in [6.45, 7) is 9.01. The number of carbonyl (C=O) groups excluding carboxylic acids is 1. The fraction of sp³-hybridized carbons (Fsp3) is 0.708. The van der Waals surface area contributed by atoms with Gasteiger partial charge in [-0.15, -0.1) is 0 Å². The monoisotopic (exact) mass is 417 g/mol. The van der Waals surface area contributed by atoms with E-state index in [0.29, 0.717) is 12.5 Å². The van der Waals surface area contributed by atoms with Crippen LogP contribution in [0.15, 0.2) is 24.3 Å². The molecule has 6 heteroatoms. The fourth-order valence-electron chi connectivity index (χ4n) is 4.55. The molecule has 0 saturated carbocycles. The number of likely N-dealkylation sites (N-methyl/N-ethyl adjacent to an activating group) is 1. The summed E-state index contributed by atoms with van der Waals surface area (Å²) >= 11 is 0. The van der Waals surface area contributed by atoms with Gasteiger partial charge < -0.3 is 19.3 Å². The highest BCUT2D eigenvalue weighted by atomic mass is 16.5. The lowest BCUT2D eigenvalue weighted by molar-refractivity contribution is -0.132. The van der Waals surface area contributed by atoms with Gasteiger partial charge in [-0.3, -0.25) is 9.69 Å². The second-order valence-corrected chi connectivity index (χ2v) is 8.88. The van der Waals surface area contributed by atoms with Crippen molar-refractivity contribution in [1.82, 2.24) is 14.7 Å². The van der Waals surface area contributed by atoms with E-state index in [2.05, 4.69) is 34.9 Å². The molecule has 0 aromatic heterocycles. The highest BCUT2D eigenvalue weighted by Gasteiger charge is 2.27. The molecule has 0 aliphatic carbocycles. The first-order chi connectivity index (χ1) is 14.6. The van der Waals surface area contributed by atoms with Gasteiger partial charge in [-0.1, -0.05) is 31.5 Å². The van der Waals surface area contributed by atoms with Gasteiger partial charge in [0.2, 0.25) is 5.91 Å². The number of rotatable bonds is 10. The van der Waals surface area contributed by atoms with Crippen molar-refractivity contribution in [3.05, 3.63) is 29.8 Å². The molecule has 0 radical (unpaired) electrons. The van der Waals surface area contributed by atoms with Crippen LogP contribution >= 0.6 is 0 Å². The van der Waals surface area contributed by atoms with Gasteiger partial charge in [-0.2, -0.15) is 0 Å². The zero-order valence-corrected chi connectivity index (χ0v) is 19.0. The Kier molecular flexibility index (Phi) is 8.97. The molecule has 2 atom stereocenters. The van der Waals surface area contributed by atoms with Gasteiger partial charge in [0, 0.05) is 52.4 Å². The predicted molar refractivity (Wildman–Crippen MR) is 120 cm³/mol. The largest absolute Gasteiger partial charge is 0.489 e. The van der Waals surface area contributed by atoms with E-state index >= 15 is 0 Å². The zero-order chi connectivity index (χ0) is 21.3. The molecule has 2 heterocycles. The molecule has 2 aliphatic heterocycles. The van der Waals surface area contributed by atoms with E-state index in [4.69, 9.17) is 9.47 Å². The van der Waals surface area contributed by atoms with Crippen molar-refractivity contribution in [2.45, 2.75) is 45.3 Å². The molecule has 0 N–H and O–H groups in total. The Hall–Kier alpha value is -1.63. The lowest BCUT2D eigenvalue weighted by Crippen LogP contribution is -2.42. The van der Waals surface area contributed by atoms with Crippen LogP contribution in [-0.4, -0.2) is 86.7 Å². The summed E-state index contributed by atoms with van der Waals surface area (Å²) in [5.74, 6) is 1.74. The summed E-state index contributed by atoms with van der Waals surface area (Å²) in [4.78, 5) is 19.6. The Labute approximate surface area is 182 Å². The zero-order valence-electron chi connectivity index (χ0n) is 19.0. The number of ether oxygens (including phenoxy) is 2. The molecule has 2 unspecified atom stereocenters. The number of unbranched alkanes of at least 4 members (excludes halogenated alkanes) is 1. The molecule has 1 fully saturated rings. The molecule has 0 spiro atoms. The molecule has 0 bridgehead atoms. The first kappa shape index (κ1) is 23.0. The first-order valence-electron chi connectivity index (χ1n) is 11.5. The Bertz CT molecular complexity index is 669. The van der Waals surface area contributed by atoms with Crippen LogP contribution in [0.4, 0.5) is 0 Å². The number of fused-ring (bicyclic) bond motifs is 1. The van der Waals surface area contributed by atoms with Crippen molar-refractivity contribution in [2.75, 3.05) is 60.0 Å². The summed E-state index contributed by atoms with van der Waals surface area (Å²) in [7, 11) is 3.70. The maximum absolute atomic E-state index is 13.0. The molecule has 3 rings (SSSR count). The van der Waals surface area contributed by atoms with Gasteiger partial charge in [-0.05, 0) is 37.8 Å². The van der Waals surface area contributed by atoms with E-state index in [-0.39, 0.29) is 12.0 Å². The van der Waals surface area contributed by atoms with Crippen molar-refractivity contribution in [1.29, 1.82) is 0 Å². The van der Waals surface area contributed by atoms with Gasteiger partial charge in [0.1, 0.15) is 11.9 Å².